The Morgan fingerprint density at radius 3 is 2.77 bits per heavy atom. The predicted molar refractivity (Wildman–Crippen MR) is 85.6 cm³/mol. The van der Waals surface area contributed by atoms with E-state index in [0.29, 0.717) is 18.1 Å². The van der Waals surface area contributed by atoms with Crippen molar-refractivity contribution in [3.8, 4) is 0 Å². The molecule has 2 aromatic rings. The fourth-order valence-electron chi connectivity index (χ4n) is 4.96. The van der Waals surface area contributed by atoms with Crippen LogP contribution in [0.4, 0.5) is 0 Å². The zero-order valence-corrected chi connectivity index (χ0v) is 13.2. The molecule has 3 atom stereocenters. The van der Waals surface area contributed by atoms with Crippen LogP contribution in [-0.2, 0) is 23.7 Å². The molecule has 0 amide bonds. The number of hydrogen-bond acceptors (Lipinski definition) is 2. The van der Waals surface area contributed by atoms with Crippen molar-refractivity contribution in [2.75, 3.05) is 0 Å². The molecule has 1 aromatic heterocycles. The summed E-state index contributed by atoms with van der Waals surface area (Å²) in [7, 11) is 2.05. The largest absolute Gasteiger partial charge is 0.299 e. The summed E-state index contributed by atoms with van der Waals surface area (Å²) < 4.78 is 2.05. The van der Waals surface area contributed by atoms with Crippen LogP contribution in [0.1, 0.15) is 43.0 Å². The van der Waals surface area contributed by atoms with E-state index in [0.717, 1.165) is 19.3 Å². The van der Waals surface area contributed by atoms with Crippen LogP contribution in [0, 0.1) is 11.8 Å². The maximum Gasteiger partial charge on any atom is 0.136 e. The highest BCUT2D eigenvalue weighted by Crippen LogP contribution is 2.54. The molecule has 2 aliphatic rings. The van der Waals surface area contributed by atoms with Gasteiger partial charge in [0, 0.05) is 24.8 Å². The third-order valence-corrected chi connectivity index (χ3v) is 5.96. The average Bonchev–Trinajstić information content (AvgIpc) is 2.94. The molecule has 1 fully saturated rings. The Hall–Kier alpha value is -1.90. The Balaban J connectivity index is 1.99. The number of benzene rings is 1. The van der Waals surface area contributed by atoms with Gasteiger partial charge in [0.1, 0.15) is 5.78 Å². The number of carbonyl (C=O) groups excluding carboxylic acids is 1. The predicted octanol–water partition coefficient (Wildman–Crippen LogP) is 3.27. The number of aryl methyl sites for hydroxylation is 2. The molecule has 0 spiro atoms. The lowest BCUT2D eigenvalue weighted by Gasteiger charge is -2.50. The molecule has 0 bridgehead atoms. The molecule has 0 N–H and O–H groups in total. The van der Waals surface area contributed by atoms with Gasteiger partial charge < -0.3 is 0 Å². The monoisotopic (exact) mass is 294 g/mol. The van der Waals surface area contributed by atoms with E-state index in [1.807, 2.05) is 13.2 Å². The summed E-state index contributed by atoms with van der Waals surface area (Å²) in [6.45, 7) is 2.13. The fraction of sp³-hybridized carbons (Fsp3) is 0.474. The smallest absolute Gasteiger partial charge is 0.136 e. The quantitative estimate of drug-likeness (QED) is 0.809. The first-order valence-electron chi connectivity index (χ1n) is 8.24. The van der Waals surface area contributed by atoms with Crippen LogP contribution in [0.2, 0.25) is 0 Å². The van der Waals surface area contributed by atoms with Crippen molar-refractivity contribution in [1.29, 1.82) is 0 Å². The van der Waals surface area contributed by atoms with Gasteiger partial charge in [-0.2, -0.15) is 5.10 Å². The van der Waals surface area contributed by atoms with Gasteiger partial charge in [-0.3, -0.25) is 9.48 Å². The van der Waals surface area contributed by atoms with Gasteiger partial charge in [0.05, 0.1) is 11.9 Å². The van der Waals surface area contributed by atoms with Crippen LogP contribution in [0.3, 0.4) is 0 Å². The minimum absolute atomic E-state index is 0.0482. The maximum atomic E-state index is 12.3. The number of aromatic nitrogens is 2. The van der Waals surface area contributed by atoms with Crippen LogP contribution in [0.5, 0.6) is 0 Å². The van der Waals surface area contributed by atoms with Crippen LogP contribution in [-0.4, -0.2) is 15.6 Å². The van der Waals surface area contributed by atoms with Crippen molar-refractivity contribution >= 4 is 5.78 Å². The molecule has 1 heterocycles. The number of carbonyl (C=O) groups is 1. The second kappa shape index (κ2) is 4.80. The summed E-state index contributed by atoms with van der Waals surface area (Å²) in [4.78, 5) is 12.3. The van der Waals surface area contributed by atoms with Gasteiger partial charge in [0.2, 0.25) is 0 Å². The third kappa shape index (κ3) is 1.68. The summed E-state index contributed by atoms with van der Waals surface area (Å²) in [5.74, 6) is 0.957. The highest BCUT2D eigenvalue weighted by molar-refractivity contribution is 5.83. The van der Waals surface area contributed by atoms with Crippen molar-refractivity contribution in [1.82, 2.24) is 9.78 Å². The molecule has 0 aliphatic heterocycles. The van der Waals surface area contributed by atoms with Gasteiger partial charge in [-0.15, -0.1) is 0 Å². The van der Waals surface area contributed by atoms with Crippen LogP contribution >= 0.6 is 0 Å². The maximum absolute atomic E-state index is 12.3. The van der Waals surface area contributed by atoms with E-state index in [2.05, 4.69) is 47.0 Å². The Labute approximate surface area is 131 Å². The van der Waals surface area contributed by atoms with E-state index < -0.39 is 0 Å². The van der Waals surface area contributed by atoms with E-state index in [1.54, 1.807) is 0 Å². The number of hydrogen-bond donors (Lipinski definition) is 0. The first-order valence-corrected chi connectivity index (χ1v) is 8.24. The first kappa shape index (κ1) is 13.7. The molecule has 3 unspecified atom stereocenters. The third-order valence-electron chi connectivity index (χ3n) is 5.96. The Morgan fingerprint density at radius 1 is 1.23 bits per heavy atom. The molecule has 0 radical (unpaired) electrons. The summed E-state index contributed by atoms with van der Waals surface area (Å²) in [5.41, 5.74) is 4.01. The van der Waals surface area contributed by atoms with Gasteiger partial charge >= 0.3 is 0 Å². The Morgan fingerprint density at radius 2 is 2.00 bits per heavy atom. The average molecular weight is 294 g/mol. The van der Waals surface area contributed by atoms with Crippen molar-refractivity contribution in [3.05, 3.63) is 53.3 Å². The molecule has 114 valence electrons. The minimum Gasteiger partial charge on any atom is -0.299 e. The van der Waals surface area contributed by atoms with E-state index in [-0.39, 0.29) is 11.3 Å². The second-order valence-electron chi connectivity index (χ2n) is 6.88. The number of rotatable bonds is 1. The van der Waals surface area contributed by atoms with E-state index in [9.17, 15) is 4.79 Å². The number of fused-ring (bicyclic) bond motifs is 3. The van der Waals surface area contributed by atoms with Crippen molar-refractivity contribution in [2.24, 2.45) is 18.9 Å². The molecule has 3 heteroatoms. The second-order valence-corrected chi connectivity index (χ2v) is 6.88. The van der Waals surface area contributed by atoms with Crippen molar-refractivity contribution in [3.63, 3.8) is 0 Å². The first-order chi connectivity index (χ1) is 10.6. The van der Waals surface area contributed by atoms with Crippen molar-refractivity contribution in [2.45, 2.75) is 38.0 Å². The van der Waals surface area contributed by atoms with E-state index in [1.165, 1.54) is 16.8 Å². The highest BCUT2D eigenvalue weighted by atomic mass is 16.1. The standard InChI is InChI=1S/C19H22N2O/c1-13-16-9-8-14-12-20-21(2)18(14)19(16,11-10-17(13)22)15-6-4-3-5-7-15/h3-7,12-13,16H,8-11H2,1-2H3. The normalized spacial score (nSPS) is 30.7. The van der Waals surface area contributed by atoms with Gasteiger partial charge in [0.15, 0.2) is 0 Å². The van der Waals surface area contributed by atoms with E-state index >= 15 is 0 Å². The minimum atomic E-state index is -0.0482. The van der Waals surface area contributed by atoms with Crippen LogP contribution in [0.15, 0.2) is 36.5 Å². The Kier molecular flexibility index (Phi) is 3.00. The summed E-state index contributed by atoms with van der Waals surface area (Å²) in [5, 5.41) is 4.54. The molecule has 1 aromatic carbocycles. The molecule has 2 aliphatic carbocycles. The zero-order valence-electron chi connectivity index (χ0n) is 13.2. The molecule has 0 saturated heterocycles. The van der Waals surface area contributed by atoms with Crippen LogP contribution < -0.4 is 0 Å². The van der Waals surface area contributed by atoms with Crippen LogP contribution in [0.25, 0.3) is 0 Å². The lowest BCUT2D eigenvalue weighted by atomic mass is 9.53. The summed E-state index contributed by atoms with van der Waals surface area (Å²) in [6, 6.07) is 10.8. The molecular formula is C19H22N2O. The zero-order chi connectivity index (χ0) is 15.3. The number of nitrogens with zero attached hydrogens (tertiary/aromatic N) is 2. The Bertz CT molecular complexity index is 718. The van der Waals surface area contributed by atoms with Crippen molar-refractivity contribution < 1.29 is 4.79 Å². The summed E-state index contributed by atoms with van der Waals surface area (Å²) in [6.07, 6.45) is 5.74. The molecule has 3 nitrogen and oxygen atoms in total. The SMILES string of the molecule is CC1C(=O)CCC2(c3ccccc3)c3c(cnn3C)CCC12. The highest BCUT2D eigenvalue weighted by Gasteiger charge is 2.53. The van der Waals surface area contributed by atoms with Gasteiger partial charge in [-0.05, 0) is 36.3 Å². The number of Topliss-reactive ketones (excluding diaryl/α,β-unsaturated/α-hetero) is 1. The van der Waals surface area contributed by atoms with Gasteiger partial charge in [-0.1, -0.05) is 37.3 Å². The van der Waals surface area contributed by atoms with E-state index in [4.69, 9.17) is 0 Å². The topological polar surface area (TPSA) is 34.9 Å². The summed E-state index contributed by atoms with van der Waals surface area (Å²) >= 11 is 0. The fourth-order valence-corrected chi connectivity index (χ4v) is 4.96. The lowest BCUT2D eigenvalue weighted by Crippen LogP contribution is -2.50. The van der Waals surface area contributed by atoms with Gasteiger partial charge in [0.25, 0.3) is 0 Å². The van der Waals surface area contributed by atoms with Gasteiger partial charge in [-0.25, -0.2) is 0 Å². The molecule has 22 heavy (non-hydrogen) atoms. The molecule has 1 saturated carbocycles. The number of ketones is 1. The molecular weight excluding hydrogens is 272 g/mol. The molecule has 4 rings (SSSR count). The lowest BCUT2D eigenvalue weighted by molar-refractivity contribution is -0.128.